The van der Waals surface area contributed by atoms with E-state index in [1.54, 1.807) is 18.2 Å². The van der Waals surface area contributed by atoms with Crippen LogP contribution in [-0.2, 0) is 22.2 Å². The maximum atomic E-state index is 10.3. The SMILES string of the molecule is OC[C@H](OCc1cccc(Cl)c1)C(O)C[S+]1C[C@@H](O)[C@H](O)[C@H]1CO. The summed E-state index contributed by atoms with van der Waals surface area (Å²) >= 11 is 5.91. The van der Waals surface area contributed by atoms with E-state index in [1.807, 2.05) is 6.07 Å². The number of aliphatic hydroxyl groups is 5. The Labute approximate surface area is 149 Å². The molecule has 5 N–H and O–H groups in total. The van der Waals surface area contributed by atoms with Crippen molar-refractivity contribution in [3.63, 3.8) is 0 Å². The van der Waals surface area contributed by atoms with E-state index in [-0.39, 0.29) is 25.6 Å². The lowest BCUT2D eigenvalue weighted by Gasteiger charge is -2.22. The molecular formula is C16H24ClO6S+. The molecule has 0 aromatic heterocycles. The van der Waals surface area contributed by atoms with E-state index in [9.17, 15) is 25.5 Å². The predicted octanol–water partition coefficient (Wildman–Crippen LogP) is -0.707. The summed E-state index contributed by atoms with van der Waals surface area (Å²) in [5.41, 5.74) is 0.829. The smallest absolute Gasteiger partial charge is 0.169 e. The molecule has 8 heteroatoms. The van der Waals surface area contributed by atoms with Crippen molar-refractivity contribution in [2.45, 2.75) is 36.3 Å². The lowest BCUT2D eigenvalue weighted by molar-refractivity contribution is -0.0623. The van der Waals surface area contributed by atoms with Crippen LogP contribution >= 0.6 is 11.6 Å². The zero-order valence-electron chi connectivity index (χ0n) is 13.2. The first-order chi connectivity index (χ1) is 11.5. The Bertz CT molecular complexity index is 519. The van der Waals surface area contributed by atoms with Crippen molar-refractivity contribution in [1.82, 2.24) is 0 Å². The van der Waals surface area contributed by atoms with Gasteiger partial charge in [0, 0.05) is 15.9 Å². The van der Waals surface area contributed by atoms with E-state index in [1.165, 1.54) is 0 Å². The van der Waals surface area contributed by atoms with Crippen molar-refractivity contribution in [3.05, 3.63) is 34.9 Å². The van der Waals surface area contributed by atoms with Crippen molar-refractivity contribution in [2.75, 3.05) is 24.7 Å². The summed E-state index contributed by atoms with van der Waals surface area (Å²) < 4.78 is 5.59. The molecule has 1 saturated heterocycles. The van der Waals surface area contributed by atoms with E-state index < -0.39 is 40.6 Å². The molecule has 6 nitrogen and oxygen atoms in total. The molecule has 0 radical (unpaired) electrons. The van der Waals surface area contributed by atoms with E-state index in [4.69, 9.17) is 16.3 Å². The van der Waals surface area contributed by atoms with E-state index in [0.717, 1.165) is 5.56 Å². The van der Waals surface area contributed by atoms with Gasteiger partial charge >= 0.3 is 0 Å². The molecular weight excluding hydrogens is 356 g/mol. The number of ether oxygens (including phenoxy) is 1. The van der Waals surface area contributed by atoms with Crippen LogP contribution < -0.4 is 0 Å². The van der Waals surface area contributed by atoms with E-state index >= 15 is 0 Å². The van der Waals surface area contributed by atoms with Crippen LogP contribution in [0.3, 0.4) is 0 Å². The molecule has 0 aliphatic carbocycles. The normalized spacial score (nSPS) is 29.6. The van der Waals surface area contributed by atoms with Gasteiger partial charge in [-0.3, -0.25) is 0 Å². The standard InChI is InChI=1S/C16H24ClO6S/c17-11-3-1-2-10(4-11)7-23-14(5-18)12(20)8-24-9-13(21)16(22)15(24)6-19/h1-4,12-16,18-22H,5-9H2/q+1/t12?,13-,14+,15-,16+,24?/m1/s1. The summed E-state index contributed by atoms with van der Waals surface area (Å²) in [6, 6.07) is 7.12. The Hall–Kier alpha value is -0.380. The second kappa shape index (κ2) is 9.35. The summed E-state index contributed by atoms with van der Waals surface area (Å²) in [4.78, 5) is 0. The molecule has 0 amide bonds. The minimum Gasteiger partial charge on any atom is -0.394 e. The molecule has 0 saturated carbocycles. The molecule has 0 spiro atoms. The maximum absolute atomic E-state index is 10.3. The molecule has 1 aromatic carbocycles. The number of benzene rings is 1. The highest BCUT2D eigenvalue weighted by Gasteiger charge is 2.50. The zero-order valence-corrected chi connectivity index (χ0v) is 14.7. The van der Waals surface area contributed by atoms with Crippen LogP contribution in [-0.4, -0.2) is 79.9 Å². The number of hydrogen-bond acceptors (Lipinski definition) is 6. The van der Waals surface area contributed by atoms with Crippen LogP contribution in [0.25, 0.3) is 0 Å². The number of rotatable bonds is 8. The molecule has 2 rings (SSSR count). The van der Waals surface area contributed by atoms with Crippen LogP contribution in [0.1, 0.15) is 5.56 Å². The third-order valence-corrected chi connectivity index (χ3v) is 7.17. The Morgan fingerprint density at radius 2 is 2.04 bits per heavy atom. The molecule has 1 heterocycles. The van der Waals surface area contributed by atoms with Gasteiger partial charge in [-0.05, 0) is 17.7 Å². The Morgan fingerprint density at radius 1 is 1.29 bits per heavy atom. The molecule has 1 aromatic rings. The first-order valence-corrected chi connectivity index (χ1v) is 9.75. The van der Waals surface area contributed by atoms with Gasteiger partial charge in [0.15, 0.2) is 5.25 Å². The van der Waals surface area contributed by atoms with Crippen molar-refractivity contribution in [2.24, 2.45) is 0 Å². The highest BCUT2D eigenvalue weighted by molar-refractivity contribution is 7.97. The Morgan fingerprint density at radius 3 is 2.67 bits per heavy atom. The summed E-state index contributed by atoms with van der Waals surface area (Å²) in [6.45, 7) is -0.402. The fraction of sp³-hybridized carbons (Fsp3) is 0.625. The van der Waals surface area contributed by atoms with Crippen LogP contribution in [0.4, 0.5) is 0 Å². The van der Waals surface area contributed by atoms with Crippen LogP contribution in [0.2, 0.25) is 5.02 Å². The fourth-order valence-corrected chi connectivity index (χ4v) is 5.65. The van der Waals surface area contributed by atoms with Crippen LogP contribution in [0.5, 0.6) is 0 Å². The molecule has 1 aliphatic rings. The largest absolute Gasteiger partial charge is 0.394 e. The summed E-state index contributed by atoms with van der Waals surface area (Å²) in [6.07, 6.45) is -3.61. The van der Waals surface area contributed by atoms with Crippen molar-refractivity contribution < 1.29 is 30.3 Å². The Kier molecular flexibility index (Phi) is 7.77. The van der Waals surface area contributed by atoms with Gasteiger partial charge in [-0.1, -0.05) is 23.7 Å². The molecule has 0 bridgehead atoms. The van der Waals surface area contributed by atoms with Gasteiger partial charge in [-0.25, -0.2) is 0 Å². The van der Waals surface area contributed by atoms with Gasteiger partial charge in [0.25, 0.3) is 0 Å². The maximum Gasteiger partial charge on any atom is 0.169 e. The van der Waals surface area contributed by atoms with Crippen LogP contribution in [0.15, 0.2) is 24.3 Å². The average Bonchev–Trinajstić information content (AvgIpc) is 2.81. The average molecular weight is 380 g/mol. The molecule has 136 valence electrons. The molecule has 6 atom stereocenters. The van der Waals surface area contributed by atoms with E-state index in [0.29, 0.717) is 10.8 Å². The molecule has 24 heavy (non-hydrogen) atoms. The first-order valence-electron chi connectivity index (χ1n) is 7.74. The minimum absolute atomic E-state index is 0.200. The van der Waals surface area contributed by atoms with Gasteiger partial charge in [-0.15, -0.1) is 0 Å². The predicted molar refractivity (Wildman–Crippen MR) is 93.1 cm³/mol. The summed E-state index contributed by atoms with van der Waals surface area (Å²) in [5.74, 6) is 0.579. The highest BCUT2D eigenvalue weighted by Crippen LogP contribution is 2.25. The quantitative estimate of drug-likeness (QED) is 0.382. The van der Waals surface area contributed by atoms with Crippen molar-refractivity contribution in [3.8, 4) is 0 Å². The first kappa shape index (κ1) is 19.9. The third kappa shape index (κ3) is 5.06. The second-order valence-corrected chi connectivity index (χ2v) is 8.66. The summed E-state index contributed by atoms with van der Waals surface area (Å²) in [7, 11) is -0.542. The van der Waals surface area contributed by atoms with Crippen LogP contribution in [0, 0.1) is 0 Å². The van der Waals surface area contributed by atoms with Gasteiger partial charge in [0.2, 0.25) is 0 Å². The van der Waals surface area contributed by atoms with E-state index in [2.05, 4.69) is 0 Å². The minimum atomic E-state index is -0.981. The lowest BCUT2D eigenvalue weighted by atomic mass is 10.2. The molecule has 1 aliphatic heterocycles. The number of halogens is 1. The number of hydrogen-bond donors (Lipinski definition) is 5. The zero-order chi connectivity index (χ0) is 17.7. The topological polar surface area (TPSA) is 110 Å². The number of aliphatic hydroxyl groups excluding tert-OH is 5. The molecule has 1 fully saturated rings. The highest BCUT2D eigenvalue weighted by atomic mass is 35.5. The van der Waals surface area contributed by atoms with Gasteiger partial charge in [0.1, 0.15) is 35.9 Å². The van der Waals surface area contributed by atoms with Gasteiger partial charge in [0.05, 0.1) is 19.8 Å². The van der Waals surface area contributed by atoms with Gasteiger partial charge < -0.3 is 30.3 Å². The van der Waals surface area contributed by atoms with Gasteiger partial charge in [-0.2, -0.15) is 0 Å². The third-order valence-electron chi connectivity index (χ3n) is 4.12. The lowest BCUT2D eigenvalue weighted by Crippen LogP contribution is -2.42. The van der Waals surface area contributed by atoms with Crippen molar-refractivity contribution >= 4 is 22.5 Å². The van der Waals surface area contributed by atoms with Crippen molar-refractivity contribution in [1.29, 1.82) is 0 Å². The monoisotopic (exact) mass is 379 g/mol. The fourth-order valence-electron chi connectivity index (χ4n) is 2.73. The second-order valence-electron chi connectivity index (χ2n) is 5.88. The summed E-state index contributed by atoms with van der Waals surface area (Å²) in [5, 5.41) is 48.9. The molecule has 2 unspecified atom stereocenters. The Balaban J connectivity index is 1.90.